The maximum absolute atomic E-state index is 3.58. The molecule has 1 aliphatic heterocycles. The summed E-state index contributed by atoms with van der Waals surface area (Å²) in [5.41, 5.74) is 2.81. The summed E-state index contributed by atoms with van der Waals surface area (Å²) in [6.07, 6.45) is 2.65. The topological polar surface area (TPSA) is 15.3 Å². The fourth-order valence-corrected chi connectivity index (χ4v) is 2.91. The number of hydrogen-bond acceptors (Lipinski definition) is 2. The summed E-state index contributed by atoms with van der Waals surface area (Å²) < 4.78 is 1.17. The molecule has 1 saturated heterocycles. The molecule has 2 rings (SSSR count). The van der Waals surface area contributed by atoms with Gasteiger partial charge in [-0.05, 0) is 50.1 Å². The highest BCUT2D eigenvalue weighted by Crippen LogP contribution is 2.31. The van der Waals surface area contributed by atoms with Crippen LogP contribution in [0.15, 0.2) is 22.7 Å². The van der Waals surface area contributed by atoms with Crippen molar-refractivity contribution in [1.29, 1.82) is 0 Å². The van der Waals surface area contributed by atoms with E-state index in [4.69, 9.17) is 0 Å². The Bertz CT molecular complexity index is 372. The third kappa shape index (κ3) is 3.02. The Morgan fingerprint density at radius 1 is 1.35 bits per heavy atom. The number of rotatable bonds is 4. The molecular formula is C14H21BrN2. The van der Waals surface area contributed by atoms with Gasteiger partial charge in [-0.15, -0.1) is 0 Å². The van der Waals surface area contributed by atoms with Gasteiger partial charge in [-0.25, -0.2) is 0 Å². The lowest BCUT2D eigenvalue weighted by molar-refractivity contribution is 0.597. The number of nitrogens with zero attached hydrogens (tertiary/aromatic N) is 1. The van der Waals surface area contributed by atoms with E-state index in [-0.39, 0.29) is 0 Å². The average Bonchev–Trinajstić information content (AvgIpc) is 2.82. The number of nitrogens with one attached hydrogen (secondary N) is 1. The van der Waals surface area contributed by atoms with Crippen molar-refractivity contribution in [3.8, 4) is 0 Å². The van der Waals surface area contributed by atoms with Crippen molar-refractivity contribution in [3.05, 3.63) is 28.2 Å². The van der Waals surface area contributed by atoms with Crippen LogP contribution in [0, 0.1) is 0 Å². The van der Waals surface area contributed by atoms with Gasteiger partial charge >= 0.3 is 0 Å². The van der Waals surface area contributed by atoms with Crippen LogP contribution in [-0.2, 0) is 0 Å². The van der Waals surface area contributed by atoms with E-state index < -0.39 is 0 Å². The van der Waals surface area contributed by atoms with Crippen LogP contribution in [0.1, 0.15) is 38.3 Å². The van der Waals surface area contributed by atoms with E-state index in [1.807, 2.05) is 0 Å². The average molecular weight is 297 g/mol. The lowest BCUT2D eigenvalue weighted by atomic mass is 10.1. The molecule has 3 heteroatoms. The summed E-state index contributed by atoms with van der Waals surface area (Å²) in [4.78, 5) is 2.51. The molecule has 0 spiro atoms. The predicted molar refractivity (Wildman–Crippen MR) is 77.7 cm³/mol. The number of hydrogen-bond donors (Lipinski definition) is 1. The second-order valence-corrected chi connectivity index (χ2v) is 5.59. The van der Waals surface area contributed by atoms with Gasteiger partial charge in [-0.2, -0.15) is 0 Å². The zero-order chi connectivity index (χ0) is 12.3. The first kappa shape index (κ1) is 12.9. The van der Waals surface area contributed by atoms with Gasteiger partial charge in [-0.1, -0.05) is 22.9 Å². The highest BCUT2D eigenvalue weighted by Gasteiger charge is 2.18. The van der Waals surface area contributed by atoms with Crippen molar-refractivity contribution in [2.45, 2.75) is 32.7 Å². The number of anilines is 1. The second kappa shape index (κ2) is 5.87. The summed E-state index contributed by atoms with van der Waals surface area (Å²) in [5.74, 6) is 0. The van der Waals surface area contributed by atoms with Crippen LogP contribution in [0.4, 0.5) is 5.69 Å². The molecule has 0 amide bonds. The van der Waals surface area contributed by atoms with Crippen LogP contribution < -0.4 is 10.2 Å². The first-order valence-electron chi connectivity index (χ1n) is 6.50. The number of benzene rings is 1. The van der Waals surface area contributed by atoms with E-state index in [0.29, 0.717) is 6.04 Å². The minimum Gasteiger partial charge on any atom is -0.371 e. The first-order valence-corrected chi connectivity index (χ1v) is 7.29. The third-order valence-electron chi connectivity index (χ3n) is 3.41. The molecule has 94 valence electrons. The van der Waals surface area contributed by atoms with Crippen molar-refractivity contribution < 1.29 is 0 Å². The molecule has 0 radical (unpaired) electrons. The van der Waals surface area contributed by atoms with E-state index in [1.165, 1.54) is 41.7 Å². The van der Waals surface area contributed by atoms with E-state index >= 15 is 0 Å². The molecule has 0 saturated carbocycles. The standard InChI is InChI=1S/C14H21BrN2/c1-3-16-11(2)13-10-12(15)6-7-14(13)17-8-4-5-9-17/h6-7,10-11,16H,3-5,8-9H2,1-2H3. The summed E-state index contributed by atoms with van der Waals surface area (Å²) in [6, 6.07) is 7.06. The van der Waals surface area contributed by atoms with Gasteiger partial charge in [0.05, 0.1) is 0 Å². The van der Waals surface area contributed by atoms with Crippen molar-refractivity contribution in [2.24, 2.45) is 0 Å². The summed E-state index contributed by atoms with van der Waals surface area (Å²) in [5, 5.41) is 3.51. The van der Waals surface area contributed by atoms with E-state index in [9.17, 15) is 0 Å². The lowest BCUT2D eigenvalue weighted by Gasteiger charge is -2.25. The molecule has 1 aromatic carbocycles. The predicted octanol–water partition coefficient (Wildman–Crippen LogP) is 3.72. The minimum absolute atomic E-state index is 0.410. The fraction of sp³-hybridized carbons (Fsp3) is 0.571. The maximum atomic E-state index is 3.58. The van der Waals surface area contributed by atoms with E-state index in [1.54, 1.807) is 0 Å². The summed E-state index contributed by atoms with van der Waals surface area (Å²) in [7, 11) is 0. The SMILES string of the molecule is CCNC(C)c1cc(Br)ccc1N1CCCC1. The molecule has 17 heavy (non-hydrogen) atoms. The Balaban J connectivity index is 2.29. The van der Waals surface area contributed by atoms with Gasteiger partial charge in [0, 0.05) is 29.3 Å². The normalized spacial score (nSPS) is 17.5. The van der Waals surface area contributed by atoms with Crippen LogP contribution in [0.5, 0.6) is 0 Å². The van der Waals surface area contributed by atoms with Crippen LogP contribution >= 0.6 is 15.9 Å². The van der Waals surface area contributed by atoms with Gasteiger partial charge in [0.15, 0.2) is 0 Å². The van der Waals surface area contributed by atoms with Crippen molar-refractivity contribution in [1.82, 2.24) is 5.32 Å². The Labute approximate surface area is 113 Å². The molecule has 1 fully saturated rings. The Morgan fingerprint density at radius 2 is 2.06 bits per heavy atom. The van der Waals surface area contributed by atoms with Crippen LogP contribution in [0.3, 0.4) is 0 Å². The molecule has 1 N–H and O–H groups in total. The largest absolute Gasteiger partial charge is 0.371 e. The van der Waals surface area contributed by atoms with Gasteiger partial charge in [0.25, 0.3) is 0 Å². The molecule has 0 aromatic heterocycles. The molecule has 0 aliphatic carbocycles. The van der Waals surface area contributed by atoms with E-state index in [2.05, 4.69) is 58.2 Å². The van der Waals surface area contributed by atoms with Crippen LogP contribution in [-0.4, -0.2) is 19.6 Å². The highest BCUT2D eigenvalue weighted by molar-refractivity contribution is 9.10. The van der Waals surface area contributed by atoms with Gasteiger partial charge < -0.3 is 10.2 Å². The Kier molecular flexibility index (Phi) is 4.46. The summed E-state index contributed by atoms with van der Waals surface area (Å²) >= 11 is 3.58. The van der Waals surface area contributed by atoms with Gasteiger partial charge in [-0.3, -0.25) is 0 Å². The maximum Gasteiger partial charge on any atom is 0.0415 e. The Hall–Kier alpha value is -0.540. The molecule has 2 nitrogen and oxygen atoms in total. The molecule has 1 aliphatic rings. The molecule has 1 heterocycles. The minimum atomic E-state index is 0.410. The lowest BCUT2D eigenvalue weighted by Crippen LogP contribution is -2.24. The van der Waals surface area contributed by atoms with Gasteiger partial charge in [0.1, 0.15) is 0 Å². The number of halogens is 1. The van der Waals surface area contributed by atoms with Crippen molar-refractivity contribution in [2.75, 3.05) is 24.5 Å². The highest BCUT2D eigenvalue weighted by atomic mass is 79.9. The molecule has 1 atom stereocenters. The Morgan fingerprint density at radius 3 is 2.71 bits per heavy atom. The fourth-order valence-electron chi connectivity index (χ4n) is 2.53. The van der Waals surface area contributed by atoms with Crippen molar-refractivity contribution in [3.63, 3.8) is 0 Å². The molecule has 1 aromatic rings. The first-order chi connectivity index (χ1) is 8.22. The monoisotopic (exact) mass is 296 g/mol. The van der Waals surface area contributed by atoms with Crippen LogP contribution in [0.2, 0.25) is 0 Å². The molecule has 0 bridgehead atoms. The van der Waals surface area contributed by atoms with E-state index in [0.717, 1.165) is 6.54 Å². The second-order valence-electron chi connectivity index (χ2n) is 4.68. The van der Waals surface area contributed by atoms with Crippen LogP contribution in [0.25, 0.3) is 0 Å². The third-order valence-corrected chi connectivity index (χ3v) is 3.91. The molecular weight excluding hydrogens is 276 g/mol. The quantitative estimate of drug-likeness (QED) is 0.911. The zero-order valence-corrected chi connectivity index (χ0v) is 12.3. The summed E-state index contributed by atoms with van der Waals surface area (Å²) in [6.45, 7) is 7.81. The van der Waals surface area contributed by atoms with Gasteiger partial charge in [0.2, 0.25) is 0 Å². The smallest absolute Gasteiger partial charge is 0.0415 e. The molecule has 1 unspecified atom stereocenters. The zero-order valence-electron chi connectivity index (χ0n) is 10.7. The van der Waals surface area contributed by atoms with Crippen molar-refractivity contribution >= 4 is 21.6 Å².